The van der Waals surface area contributed by atoms with Gasteiger partial charge in [0.2, 0.25) is 0 Å². The predicted molar refractivity (Wildman–Crippen MR) is 58.8 cm³/mol. The van der Waals surface area contributed by atoms with E-state index in [2.05, 4.69) is 5.32 Å². The van der Waals surface area contributed by atoms with Gasteiger partial charge in [-0.05, 0) is 30.5 Å². The lowest BCUT2D eigenvalue weighted by atomic mass is 9.89. The maximum Gasteiger partial charge on any atom is 0.165 e. The Balaban J connectivity index is 1.87. The van der Waals surface area contributed by atoms with Crippen LogP contribution in [0.2, 0.25) is 0 Å². The molecule has 3 nitrogen and oxygen atoms in total. The Kier molecular flexibility index (Phi) is 3.41. The fraction of sp³-hybridized carbons (Fsp3) is 0.500. The van der Waals surface area contributed by atoms with Gasteiger partial charge in [-0.3, -0.25) is 0 Å². The van der Waals surface area contributed by atoms with Crippen LogP contribution in [-0.2, 0) is 6.54 Å². The van der Waals surface area contributed by atoms with Crippen LogP contribution in [-0.4, -0.2) is 24.4 Å². The first kappa shape index (κ1) is 11.4. The standard InChI is InChI=1S/C12H16FNO2/c1-16-12-3-2-8(4-11(12)13)7-14-9-5-10(15)6-9/h2-4,9-10,14-15H,5-7H2,1H3. The first-order valence-corrected chi connectivity index (χ1v) is 5.43. The van der Waals surface area contributed by atoms with Crippen LogP contribution in [0.4, 0.5) is 4.39 Å². The van der Waals surface area contributed by atoms with Crippen molar-refractivity contribution < 1.29 is 14.2 Å². The molecule has 1 saturated carbocycles. The smallest absolute Gasteiger partial charge is 0.165 e. The molecule has 0 aromatic heterocycles. The predicted octanol–water partition coefficient (Wildman–Crippen LogP) is 1.45. The van der Waals surface area contributed by atoms with Crippen molar-refractivity contribution >= 4 is 0 Å². The molecule has 1 aliphatic rings. The third kappa shape index (κ3) is 2.51. The van der Waals surface area contributed by atoms with Gasteiger partial charge >= 0.3 is 0 Å². The first-order chi connectivity index (χ1) is 7.69. The minimum absolute atomic E-state index is 0.162. The van der Waals surface area contributed by atoms with Crippen molar-refractivity contribution in [2.75, 3.05) is 7.11 Å². The Morgan fingerprint density at radius 1 is 1.50 bits per heavy atom. The Morgan fingerprint density at radius 2 is 2.25 bits per heavy atom. The van der Waals surface area contributed by atoms with E-state index >= 15 is 0 Å². The van der Waals surface area contributed by atoms with Crippen molar-refractivity contribution in [3.63, 3.8) is 0 Å². The number of aliphatic hydroxyl groups excluding tert-OH is 1. The van der Waals surface area contributed by atoms with Gasteiger partial charge in [-0.2, -0.15) is 0 Å². The van der Waals surface area contributed by atoms with Crippen LogP contribution < -0.4 is 10.1 Å². The molecule has 0 saturated heterocycles. The van der Waals surface area contributed by atoms with E-state index in [1.54, 1.807) is 6.07 Å². The van der Waals surface area contributed by atoms with E-state index in [0.717, 1.165) is 18.4 Å². The highest BCUT2D eigenvalue weighted by Gasteiger charge is 2.26. The molecule has 1 aliphatic carbocycles. The molecule has 88 valence electrons. The Labute approximate surface area is 94.2 Å². The number of methoxy groups -OCH3 is 1. The topological polar surface area (TPSA) is 41.5 Å². The summed E-state index contributed by atoms with van der Waals surface area (Å²) in [5.41, 5.74) is 0.889. The molecule has 0 radical (unpaired) electrons. The lowest BCUT2D eigenvalue weighted by molar-refractivity contribution is 0.0619. The van der Waals surface area contributed by atoms with Gasteiger partial charge < -0.3 is 15.2 Å². The highest BCUT2D eigenvalue weighted by Crippen LogP contribution is 2.21. The van der Waals surface area contributed by atoms with Crippen molar-refractivity contribution in [1.29, 1.82) is 0 Å². The van der Waals surface area contributed by atoms with Gasteiger partial charge in [0.05, 0.1) is 13.2 Å². The van der Waals surface area contributed by atoms with Crippen molar-refractivity contribution in [2.45, 2.75) is 31.5 Å². The third-order valence-electron chi connectivity index (χ3n) is 2.92. The zero-order valence-electron chi connectivity index (χ0n) is 9.24. The maximum absolute atomic E-state index is 13.3. The number of ether oxygens (including phenoxy) is 1. The summed E-state index contributed by atoms with van der Waals surface area (Å²) in [4.78, 5) is 0. The molecule has 0 atom stereocenters. The number of rotatable bonds is 4. The second-order valence-corrected chi connectivity index (χ2v) is 4.17. The van der Waals surface area contributed by atoms with Crippen LogP contribution in [0.1, 0.15) is 18.4 Å². The van der Waals surface area contributed by atoms with E-state index in [9.17, 15) is 4.39 Å². The van der Waals surface area contributed by atoms with Gasteiger partial charge in [0.25, 0.3) is 0 Å². The van der Waals surface area contributed by atoms with E-state index in [-0.39, 0.29) is 17.7 Å². The van der Waals surface area contributed by atoms with Gasteiger partial charge in [-0.25, -0.2) is 4.39 Å². The quantitative estimate of drug-likeness (QED) is 0.815. The molecule has 0 amide bonds. The van der Waals surface area contributed by atoms with E-state index in [1.165, 1.54) is 13.2 Å². The van der Waals surface area contributed by atoms with E-state index < -0.39 is 0 Å². The zero-order chi connectivity index (χ0) is 11.5. The zero-order valence-corrected chi connectivity index (χ0v) is 9.24. The van der Waals surface area contributed by atoms with E-state index in [1.807, 2.05) is 6.07 Å². The van der Waals surface area contributed by atoms with Crippen LogP contribution in [0.25, 0.3) is 0 Å². The highest BCUT2D eigenvalue weighted by atomic mass is 19.1. The summed E-state index contributed by atoms with van der Waals surface area (Å²) in [6.45, 7) is 0.623. The van der Waals surface area contributed by atoms with Gasteiger partial charge in [0, 0.05) is 12.6 Å². The molecule has 0 spiro atoms. The largest absolute Gasteiger partial charge is 0.494 e. The molecule has 0 heterocycles. The van der Waals surface area contributed by atoms with Gasteiger partial charge in [-0.1, -0.05) is 6.07 Å². The molecule has 16 heavy (non-hydrogen) atoms. The summed E-state index contributed by atoms with van der Waals surface area (Å²) >= 11 is 0. The normalized spacial score (nSPS) is 23.9. The van der Waals surface area contributed by atoms with Gasteiger partial charge in [0.15, 0.2) is 11.6 Å². The number of nitrogens with one attached hydrogen (secondary N) is 1. The summed E-state index contributed by atoms with van der Waals surface area (Å²) in [7, 11) is 1.45. The maximum atomic E-state index is 13.3. The SMILES string of the molecule is COc1ccc(CNC2CC(O)C2)cc1F. The average Bonchev–Trinajstić information content (AvgIpc) is 2.23. The minimum Gasteiger partial charge on any atom is -0.494 e. The second kappa shape index (κ2) is 4.80. The molecule has 0 aliphatic heterocycles. The van der Waals surface area contributed by atoms with Crippen molar-refractivity contribution in [3.8, 4) is 5.75 Å². The molecule has 0 bridgehead atoms. The molecule has 2 rings (SSSR count). The second-order valence-electron chi connectivity index (χ2n) is 4.17. The monoisotopic (exact) mass is 225 g/mol. The van der Waals surface area contributed by atoms with Crippen LogP contribution >= 0.6 is 0 Å². The lowest BCUT2D eigenvalue weighted by Gasteiger charge is -2.32. The first-order valence-electron chi connectivity index (χ1n) is 5.43. The fourth-order valence-corrected chi connectivity index (χ4v) is 1.84. The lowest BCUT2D eigenvalue weighted by Crippen LogP contribution is -2.43. The number of halogens is 1. The molecular weight excluding hydrogens is 209 g/mol. The van der Waals surface area contributed by atoms with Crippen LogP contribution in [0.3, 0.4) is 0 Å². The number of hydrogen-bond acceptors (Lipinski definition) is 3. The molecule has 1 aromatic carbocycles. The molecular formula is C12H16FNO2. The number of benzene rings is 1. The van der Waals surface area contributed by atoms with Crippen molar-refractivity contribution in [2.24, 2.45) is 0 Å². The molecule has 1 aromatic rings. The Bertz CT molecular complexity index is 364. The molecule has 0 unspecified atom stereocenters. The number of aliphatic hydroxyl groups is 1. The summed E-state index contributed by atoms with van der Waals surface area (Å²) in [6, 6.07) is 5.30. The summed E-state index contributed by atoms with van der Waals surface area (Å²) in [5, 5.41) is 12.4. The molecule has 1 fully saturated rings. The van der Waals surface area contributed by atoms with Crippen molar-refractivity contribution in [3.05, 3.63) is 29.6 Å². The Morgan fingerprint density at radius 3 is 2.81 bits per heavy atom. The molecule has 4 heteroatoms. The summed E-state index contributed by atoms with van der Waals surface area (Å²) < 4.78 is 18.2. The van der Waals surface area contributed by atoms with Crippen LogP contribution in [0.15, 0.2) is 18.2 Å². The third-order valence-corrected chi connectivity index (χ3v) is 2.92. The average molecular weight is 225 g/mol. The summed E-state index contributed by atoms with van der Waals surface area (Å²) in [6.07, 6.45) is 1.42. The summed E-state index contributed by atoms with van der Waals surface area (Å²) in [5.74, 6) is -0.0711. The van der Waals surface area contributed by atoms with Gasteiger partial charge in [0.1, 0.15) is 0 Å². The van der Waals surface area contributed by atoms with E-state index in [4.69, 9.17) is 9.84 Å². The minimum atomic E-state index is -0.338. The van der Waals surface area contributed by atoms with E-state index in [0.29, 0.717) is 12.6 Å². The highest BCUT2D eigenvalue weighted by molar-refractivity contribution is 5.29. The Hall–Kier alpha value is -1.13. The van der Waals surface area contributed by atoms with Crippen molar-refractivity contribution in [1.82, 2.24) is 5.32 Å². The van der Waals surface area contributed by atoms with Crippen LogP contribution in [0, 0.1) is 5.82 Å². The van der Waals surface area contributed by atoms with Gasteiger partial charge in [-0.15, -0.1) is 0 Å². The number of hydrogen-bond donors (Lipinski definition) is 2. The fourth-order valence-electron chi connectivity index (χ4n) is 1.84. The van der Waals surface area contributed by atoms with Crippen LogP contribution in [0.5, 0.6) is 5.75 Å². The molecule has 2 N–H and O–H groups in total.